The van der Waals surface area contributed by atoms with Gasteiger partial charge in [-0.1, -0.05) is 63.1 Å². The number of rotatable bonds is 6. The van der Waals surface area contributed by atoms with Crippen LogP contribution in [0.2, 0.25) is 0 Å². The minimum Gasteiger partial charge on any atom is -0.462 e. The van der Waals surface area contributed by atoms with Gasteiger partial charge in [0.05, 0.1) is 6.26 Å². The van der Waals surface area contributed by atoms with E-state index in [1.165, 1.54) is 18.4 Å². The molecule has 0 heterocycles. The van der Waals surface area contributed by atoms with E-state index < -0.39 is 11.6 Å². The summed E-state index contributed by atoms with van der Waals surface area (Å²) in [7, 11) is 0. The first-order chi connectivity index (χ1) is 16.0. The van der Waals surface area contributed by atoms with E-state index in [1.54, 1.807) is 36.4 Å². The van der Waals surface area contributed by atoms with Gasteiger partial charge in [-0.2, -0.15) is 4.39 Å². The summed E-state index contributed by atoms with van der Waals surface area (Å²) in [4.78, 5) is 0. The predicted molar refractivity (Wildman–Crippen MR) is 128 cm³/mol. The quantitative estimate of drug-likeness (QED) is 0.340. The van der Waals surface area contributed by atoms with Crippen LogP contribution in [0.4, 0.5) is 13.2 Å². The first-order valence-electron chi connectivity index (χ1n) is 11.7. The molecule has 33 heavy (non-hydrogen) atoms. The van der Waals surface area contributed by atoms with Crippen LogP contribution in [0.1, 0.15) is 57.4 Å². The fraction of sp³-hybridized carbons (Fsp3) is 0.310. The van der Waals surface area contributed by atoms with Gasteiger partial charge in [0.25, 0.3) is 0 Å². The van der Waals surface area contributed by atoms with Crippen molar-refractivity contribution >= 4 is 0 Å². The Labute approximate surface area is 193 Å². The van der Waals surface area contributed by atoms with Crippen LogP contribution < -0.4 is 4.74 Å². The van der Waals surface area contributed by atoms with Crippen LogP contribution in [0.5, 0.6) is 5.75 Å². The van der Waals surface area contributed by atoms with Gasteiger partial charge < -0.3 is 4.74 Å². The molecule has 0 unspecified atom stereocenters. The topological polar surface area (TPSA) is 9.23 Å². The van der Waals surface area contributed by atoms with Crippen molar-refractivity contribution in [1.82, 2.24) is 0 Å². The largest absolute Gasteiger partial charge is 0.462 e. The standard InChI is InChI=1S/C29H29F3O/c1-3-4-17-33-27-16-15-25(28(31)29(27)32)22-11-9-20(10-12-22)23-13-14-24(26(30)18-23)21-7-5-19(2)6-8-21/h4,9-19,21H,3,5-8H2,1-2H3/b17-4-. The minimum absolute atomic E-state index is 0.152. The van der Waals surface area contributed by atoms with Crippen LogP contribution in [0.3, 0.4) is 0 Å². The summed E-state index contributed by atoms with van der Waals surface area (Å²) in [6, 6.07) is 15.4. The van der Waals surface area contributed by atoms with Crippen LogP contribution in [0.15, 0.2) is 66.9 Å². The molecule has 0 amide bonds. The Morgan fingerprint density at radius 3 is 2.15 bits per heavy atom. The molecule has 1 fully saturated rings. The van der Waals surface area contributed by atoms with E-state index in [4.69, 9.17) is 4.74 Å². The van der Waals surface area contributed by atoms with Crippen LogP contribution in [0, 0.1) is 23.4 Å². The zero-order valence-corrected chi connectivity index (χ0v) is 19.1. The molecule has 0 saturated heterocycles. The second kappa shape index (κ2) is 10.3. The molecular weight excluding hydrogens is 421 g/mol. The van der Waals surface area contributed by atoms with Crippen molar-refractivity contribution in [3.8, 4) is 28.0 Å². The van der Waals surface area contributed by atoms with Gasteiger partial charge in [-0.3, -0.25) is 0 Å². The first-order valence-corrected chi connectivity index (χ1v) is 11.7. The lowest BCUT2D eigenvalue weighted by molar-refractivity contribution is 0.342. The van der Waals surface area contributed by atoms with E-state index in [0.717, 1.165) is 54.7 Å². The van der Waals surface area contributed by atoms with E-state index in [1.807, 2.05) is 19.1 Å². The third kappa shape index (κ3) is 5.16. The number of benzene rings is 3. The lowest BCUT2D eigenvalue weighted by Crippen LogP contribution is -2.12. The van der Waals surface area contributed by atoms with Gasteiger partial charge in [-0.05, 0) is 77.6 Å². The van der Waals surface area contributed by atoms with Crippen molar-refractivity contribution in [3.05, 3.63) is 90.0 Å². The van der Waals surface area contributed by atoms with Crippen molar-refractivity contribution in [2.45, 2.75) is 51.9 Å². The summed E-state index contributed by atoms with van der Waals surface area (Å²) in [6.45, 7) is 4.18. The molecule has 0 spiro atoms. The lowest BCUT2D eigenvalue weighted by Gasteiger charge is -2.26. The minimum atomic E-state index is -1.02. The van der Waals surface area contributed by atoms with Gasteiger partial charge in [0, 0.05) is 5.56 Å². The molecule has 0 radical (unpaired) electrons. The molecule has 1 nitrogen and oxygen atoms in total. The molecule has 3 aromatic rings. The van der Waals surface area contributed by atoms with Crippen LogP contribution >= 0.6 is 0 Å². The normalized spacial score (nSPS) is 18.6. The second-order valence-corrected chi connectivity index (χ2v) is 8.91. The fourth-order valence-corrected chi connectivity index (χ4v) is 4.51. The summed E-state index contributed by atoms with van der Waals surface area (Å²) in [5.41, 5.74) is 3.09. The summed E-state index contributed by atoms with van der Waals surface area (Å²) in [6.07, 6.45) is 8.17. The van der Waals surface area contributed by atoms with Crippen molar-refractivity contribution in [1.29, 1.82) is 0 Å². The SMILES string of the molecule is CC/C=C\Oc1ccc(-c2ccc(-c3ccc(C4CCC(C)CC4)c(F)c3)cc2)c(F)c1F. The van der Waals surface area contributed by atoms with Crippen LogP contribution in [-0.2, 0) is 0 Å². The Hall–Kier alpha value is -3.01. The fourth-order valence-electron chi connectivity index (χ4n) is 4.51. The number of allylic oxidation sites excluding steroid dienone is 1. The zero-order chi connectivity index (χ0) is 23.4. The highest BCUT2D eigenvalue weighted by molar-refractivity contribution is 5.71. The molecule has 4 rings (SSSR count). The summed E-state index contributed by atoms with van der Waals surface area (Å²) in [5, 5.41) is 0. The second-order valence-electron chi connectivity index (χ2n) is 8.91. The van der Waals surface area contributed by atoms with Crippen molar-refractivity contribution in [2.75, 3.05) is 0 Å². The highest BCUT2D eigenvalue weighted by Gasteiger charge is 2.22. The number of ether oxygens (including phenoxy) is 1. The van der Waals surface area contributed by atoms with Gasteiger partial charge in [0.1, 0.15) is 5.82 Å². The number of hydrogen-bond acceptors (Lipinski definition) is 1. The van der Waals surface area contributed by atoms with Crippen molar-refractivity contribution in [3.63, 3.8) is 0 Å². The summed E-state index contributed by atoms with van der Waals surface area (Å²) >= 11 is 0. The maximum absolute atomic E-state index is 14.9. The maximum atomic E-state index is 14.9. The Balaban J connectivity index is 1.53. The van der Waals surface area contributed by atoms with E-state index in [-0.39, 0.29) is 17.1 Å². The average Bonchev–Trinajstić information content (AvgIpc) is 2.83. The summed E-state index contributed by atoms with van der Waals surface area (Å²) in [5.74, 6) is -1.28. The summed E-state index contributed by atoms with van der Waals surface area (Å²) < 4.78 is 49.1. The van der Waals surface area contributed by atoms with E-state index in [9.17, 15) is 13.2 Å². The highest BCUT2D eigenvalue weighted by atomic mass is 19.2. The third-order valence-corrected chi connectivity index (χ3v) is 6.56. The zero-order valence-electron chi connectivity index (χ0n) is 19.1. The molecule has 1 aliphatic carbocycles. The van der Waals surface area contributed by atoms with Gasteiger partial charge >= 0.3 is 0 Å². The van der Waals surface area contributed by atoms with Crippen LogP contribution in [0.25, 0.3) is 22.3 Å². The molecule has 0 N–H and O–H groups in total. The Morgan fingerprint density at radius 1 is 0.818 bits per heavy atom. The van der Waals surface area contributed by atoms with Crippen molar-refractivity contribution < 1.29 is 17.9 Å². The molecule has 1 aliphatic rings. The third-order valence-electron chi connectivity index (χ3n) is 6.56. The number of hydrogen-bond donors (Lipinski definition) is 0. The maximum Gasteiger partial charge on any atom is 0.201 e. The molecule has 0 bridgehead atoms. The van der Waals surface area contributed by atoms with Gasteiger partial charge in [0.15, 0.2) is 11.6 Å². The van der Waals surface area contributed by atoms with E-state index >= 15 is 0 Å². The molecule has 172 valence electrons. The predicted octanol–water partition coefficient (Wildman–Crippen LogP) is 9.03. The Morgan fingerprint density at radius 2 is 1.48 bits per heavy atom. The van der Waals surface area contributed by atoms with E-state index in [2.05, 4.69) is 6.92 Å². The molecule has 4 heteroatoms. The van der Waals surface area contributed by atoms with Gasteiger partial charge in [-0.25, -0.2) is 8.78 Å². The van der Waals surface area contributed by atoms with E-state index in [0.29, 0.717) is 11.5 Å². The highest BCUT2D eigenvalue weighted by Crippen LogP contribution is 2.38. The molecule has 3 aromatic carbocycles. The number of halogens is 3. The molecule has 0 aliphatic heterocycles. The Bertz CT molecular complexity index is 1130. The van der Waals surface area contributed by atoms with Crippen molar-refractivity contribution in [2.24, 2.45) is 5.92 Å². The Kier molecular flexibility index (Phi) is 7.22. The molecule has 0 aromatic heterocycles. The molecule has 0 atom stereocenters. The van der Waals surface area contributed by atoms with Crippen LogP contribution in [-0.4, -0.2) is 0 Å². The monoisotopic (exact) mass is 450 g/mol. The van der Waals surface area contributed by atoms with Gasteiger partial charge in [0.2, 0.25) is 5.82 Å². The molecular formula is C29H29F3O. The average molecular weight is 451 g/mol. The first kappa shape index (κ1) is 23.2. The smallest absolute Gasteiger partial charge is 0.201 e. The molecule has 1 saturated carbocycles. The lowest BCUT2D eigenvalue weighted by atomic mass is 9.79. The van der Waals surface area contributed by atoms with Gasteiger partial charge in [-0.15, -0.1) is 0 Å².